The summed E-state index contributed by atoms with van der Waals surface area (Å²) in [6, 6.07) is 16.3. The molecule has 0 spiro atoms. The summed E-state index contributed by atoms with van der Waals surface area (Å²) >= 11 is 0. The number of hydrogen-bond donors (Lipinski definition) is 2. The average Bonchev–Trinajstić information content (AvgIpc) is 3.07. The monoisotopic (exact) mass is 295 g/mol. The van der Waals surface area contributed by atoms with Crippen LogP contribution in [0.2, 0.25) is 0 Å². The summed E-state index contributed by atoms with van der Waals surface area (Å²) in [5.74, 6) is 1.34. The maximum absolute atomic E-state index is 5.78. The van der Waals surface area contributed by atoms with Crippen molar-refractivity contribution in [3.05, 3.63) is 65.2 Å². The summed E-state index contributed by atoms with van der Waals surface area (Å²) in [6.07, 6.45) is 0. The minimum atomic E-state index is 0.486. The first-order chi connectivity index (χ1) is 10.8. The SMILES string of the molecule is Cc1ccc(COc2ccc(CNc3nn[nH]n3)cc2)cc1. The molecule has 3 aromatic rings. The van der Waals surface area contributed by atoms with Gasteiger partial charge in [-0.1, -0.05) is 47.1 Å². The predicted octanol–water partition coefficient (Wildman–Crippen LogP) is 2.70. The molecule has 0 amide bonds. The van der Waals surface area contributed by atoms with Crippen molar-refractivity contribution in [3.8, 4) is 5.75 Å². The molecule has 1 heterocycles. The standard InChI is InChI=1S/C16H17N5O/c1-12-2-4-14(5-3-12)11-22-15-8-6-13(7-9-15)10-17-16-18-20-21-19-16/h2-9H,10-11H2,1H3,(H2,17,18,19,20,21). The van der Waals surface area contributed by atoms with Crippen molar-refractivity contribution in [2.24, 2.45) is 0 Å². The number of aromatic nitrogens is 4. The Labute approximate surface area is 128 Å². The zero-order chi connectivity index (χ0) is 15.2. The lowest BCUT2D eigenvalue weighted by Gasteiger charge is -2.08. The van der Waals surface area contributed by atoms with Gasteiger partial charge >= 0.3 is 0 Å². The summed E-state index contributed by atoms with van der Waals surface area (Å²) in [4.78, 5) is 0. The number of hydrogen-bond acceptors (Lipinski definition) is 5. The molecule has 0 unspecified atom stereocenters. The summed E-state index contributed by atoms with van der Waals surface area (Å²) < 4.78 is 5.78. The van der Waals surface area contributed by atoms with Gasteiger partial charge in [-0.15, -0.1) is 5.10 Å². The van der Waals surface area contributed by atoms with Crippen LogP contribution in [0.4, 0.5) is 5.95 Å². The first-order valence-electron chi connectivity index (χ1n) is 7.04. The van der Waals surface area contributed by atoms with Crippen molar-refractivity contribution in [1.82, 2.24) is 20.6 Å². The number of H-pyrrole nitrogens is 1. The van der Waals surface area contributed by atoms with E-state index in [-0.39, 0.29) is 0 Å². The van der Waals surface area contributed by atoms with Gasteiger partial charge in [-0.3, -0.25) is 0 Å². The summed E-state index contributed by atoms with van der Waals surface area (Å²) in [5, 5.41) is 16.6. The fourth-order valence-corrected chi connectivity index (χ4v) is 1.97. The van der Waals surface area contributed by atoms with Gasteiger partial charge in [0.05, 0.1) is 0 Å². The highest BCUT2D eigenvalue weighted by molar-refractivity contribution is 5.31. The molecule has 0 saturated carbocycles. The Bertz CT molecular complexity index is 692. The lowest BCUT2D eigenvalue weighted by molar-refractivity contribution is 0.306. The minimum absolute atomic E-state index is 0.486. The van der Waals surface area contributed by atoms with E-state index in [1.54, 1.807) is 0 Å². The van der Waals surface area contributed by atoms with E-state index in [1.807, 2.05) is 24.3 Å². The molecule has 2 aromatic carbocycles. The first kappa shape index (κ1) is 14.1. The average molecular weight is 295 g/mol. The summed E-state index contributed by atoms with van der Waals surface area (Å²) in [5.41, 5.74) is 3.53. The first-order valence-corrected chi connectivity index (χ1v) is 7.04. The van der Waals surface area contributed by atoms with Gasteiger partial charge in [0, 0.05) is 6.54 Å². The van der Waals surface area contributed by atoms with Crippen LogP contribution in [-0.4, -0.2) is 20.6 Å². The normalized spacial score (nSPS) is 10.4. The fraction of sp³-hybridized carbons (Fsp3) is 0.188. The Balaban J connectivity index is 1.51. The van der Waals surface area contributed by atoms with Gasteiger partial charge in [-0.05, 0) is 35.4 Å². The van der Waals surface area contributed by atoms with E-state index in [2.05, 4.69) is 57.1 Å². The van der Waals surface area contributed by atoms with E-state index < -0.39 is 0 Å². The molecule has 0 aliphatic carbocycles. The topological polar surface area (TPSA) is 75.7 Å². The summed E-state index contributed by atoms with van der Waals surface area (Å²) in [7, 11) is 0. The largest absolute Gasteiger partial charge is 0.489 e. The molecule has 0 radical (unpaired) electrons. The van der Waals surface area contributed by atoms with Gasteiger partial charge in [0.2, 0.25) is 0 Å². The van der Waals surface area contributed by atoms with Crippen molar-refractivity contribution >= 4 is 5.95 Å². The van der Waals surface area contributed by atoms with Crippen molar-refractivity contribution in [2.75, 3.05) is 5.32 Å². The van der Waals surface area contributed by atoms with E-state index in [0.717, 1.165) is 16.9 Å². The minimum Gasteiger partial charge on any atom is -0.489 e. The molecule has 3 rings (SSSR count). The highest BCUT2D eigenvalue weighted by Gasteiger charge is 1.99. The molecule has 0 fully saturated rings. The van der Waals surface area contributed by atoms with Crippen molar-refractivity contribution in [2.45, 2.75) is 20.1 Å². The zero-order valence-electron chi connectivity index (χ0n) is 12.3. The second kappa shape index (κ2) is 6.71. The van der Waals surface area contributed by atoms with E-state index >= 15 is 0 Å². The third-order valence-corrected chi connectivity index (χ3v) is 3.25. The molecule has 112 valence electrons. The molecule has 6 heteroatoms. The molecular weight excluding hydrogens is 278 g/mol. The maximum atomic E-state index is 5.78. The van der Waals surface area contributed by atoms with Crippen LogP contribution < -0.4 is 10.1 Å². The van der Waals surface area contributed by atoms with E-state index in [4.69, 9.17) is 4.74 Å². The number of anilines is 1. The van der Waals surface area contributed by atoms with Gasteiger partial charge < -0.3 is 10.1 Å². The Hall–Kier alpha value is -2.89. The summed E-state index contributed by atoms with van der Waals surface area (Å²) in [6.45, 7) is 3.28. The van der Waals surface area contributed by atoms with Gasteiger partial charge in [-0.2, -0.15) is 5.21 Å². The molecule has 2 N–H and O–H groups in total. The van der Waals surface area contributed by atoms with E-state index in [9.17, 15) is 0 Å². The van der Waals surface area contributed by atoms with Crippen LogP contribution in [0.25, 0.3) is 0 Å². The van der Waals surface area contributed by atoms with E-state index in [1.165, 1.54) is 5.56 Å². The number of ether oxygens (including phenoxy) is 1. The number of nitrogens with one attached hydrogen (secondary N) is 2. The smallest absolute Gasteiger partial charge is 0.263 e. The Morgan fingerprint density at radius 2 is 1.73 bits per heavy atom. The van der Waals surface area contributed by atoms with Gasteiger partial charge in [0.1, 0.15) is 12.4 Å². The quantitative estimate of drug-likeness (QED) is 0.731. The number of benzene rings is 2. The molecular formula is C16H17N5O. The number of tetrazole rings is 1. The molecule has 22 heavy (non-hydrogen) atoms. The van der Waals surface area contributed by atoms with Gasteiger partial charge in [0.25, 0.3) is 5.95 Å². The Morgan fingerprint density at radius 1 is 1.00 bits per heavy atom. The Kier molecular flexibility index (Phi) is 4.29. The molecule has 6 nitrogen and oxygen atoms in total. The Morgan fingerprint density at radius 3 is 2.41 bits per heavy atom. The second-order valence-electron chi connectivity index (χ2n) is 5.01. The molecule has 0 atom stereocenters. The fourth-order valence-electron chi connectivity index (χ4n) is 1.97. The molecule has 1 aromatic heterocycles. The molecule has 0 bridgehead atoms. The highest BCUT2D eigenvalue weighted by Crippen LogP contribution is 2.15. The van der Waals surface area contributed by atoms with E-state index in [0.29, 0.717) is 19.1 Å². The van der Waals surface area contributed by atoms with Gasteiger partial charge in [-0.25, -0.2) is 0 Å². The van der Waals surface area contributed by atoms with Crippen LogP contribution in [0.3, 0.4) is 0 Å². The zero-order valence-corrected chi connectivity index (χ0v) is 12.3. The van der Waals surface area contributed by atoms with Crippen molar-refractivity contribution in [1.29, 1.82) is 0 Å². The van der Waals surface area contributed by atoms with Crippen LogP contribution in [0.5, 0.6) is 5.75 Å². The lowest BCUT2D eigenvalue weighted by Crippen LogP contribution is -2.01. The molecule has 0 saturated heterocycles. The second-order valence-corrected chi connectivity index (χ2v) is 5.01. The number of aromatic amines is 1. The van der Waals surface area contributed by atoms with Gasteiger partial charge in [0.15, 0.2) is 0 Å². The van der Waals surface area contributed by atoms with Crippen LogP contribution in [0.15, 0.2) is 48.5 Å². The third kappa shape index (κ3) is 3.82. The molecule has 0 aliphatic heterocycles. The maximum Gasteiger partial charge on any atom is 0.263 e. The third-order valence-electron chi connectivity index (χ3n) is 3.25. The lowest BCUT2D eigenvalue weighted by atomic mass is 10.2. The van der Waals surface area contributed by atoms with Crippen LogP contribution in [-0.2, 0) is 13.2 Å². The van der Waals surface area contributed by atoms with Crippen molar-refractivity contribution in [3.63, 3.8) is 0 Å². The number of nitrogens with zero attached hydrogens (tertiary/aromatic N) is 3. The molecule has 0 aliphatic rings. The number of rotatable bonds is 6. The van der Waals surface area contributed by atoms with Crippen LogP contribution in [0, 0.1) is 6.92 Å². The highest BCUT2D eigenvalue weighted by atomic mass is 16.5. The van der Waals surface area contributed by atoms with Crippen LogP contribution >= 0.6 is 0 Å². The van der Waals surface area contributed by atoms with Crippen LogP contribution in [0.1, 0.15) is 16.7 Å². The predicted molar refractivity (Wildman–Crippen MR) is 83.5 cm³/mol. The number of aryl methyl sites for hydroxylation is 1. The van der Waals surface area contributed by atoms with Crippen molar-refractivity contribution < 1.29 is 4.74 Å².